The largest absolute Gasteiger partial charge is 0.483 e. The zero-order chi connectivity index (χ0) is 23.0. The Morgan fingerprint density at radius 1 is 1.16 bits per heavy atom. The van der Waals surface area contributed by atoms with Crippen LogP contribution in [-0.2, 0) is 11.2 Å². The summed E-state index contributed by atoms with van der Waals surface area (Å²) in [5.74, 6) is 0.746. The molecule has 7 nitrogen and oxygen atoms in total. The topological polar surface area (TPSA) is 110 Å². The Morgan fingerprint density at radius 2 is 1.88 bits per heavy atom. The summed E-state index contributed by atoms with van der Waals surface area (Å²) in [4.78, 5) is 12.7. The molecule has 3 aromatic rings. The molecule has 2 aromatic carbocycles. The lowest BCUT2D eigenvalue weighted by molar-refractivity contribution is -0.122. The van der Waals surface area contributed by atoms with Crippen LogP contribution in [0.15, 0.2) is 72.9 Å². The van der Waals surface area contributed by atoms with E-state index in [1.54, 1.807) is 24.4 Å². The van der Waals surface area contributed by atoms with Crippen LogP contribution in [-0.4, -0.2) is 42.2 Å². The number of benzene rings is 2. The van der Waals surface area contributed by atoms with Gasteiger partial charge in [-0.25, -0.2) is 9.37 Å². The van der Waals surface area contributed by atoms with Gasteiger partial charge in [0.15, 0.2) is 0 Å². The van der Waals surface area contributed by atoms with E-state index in [1.807, 2.05) is 36.4 Å². The van der Waals surface area contributed by atoms with Gasteiger partial charge in [-0.2, -0.15) is 5.26 Å². The highest BCUT2D eigenvalue weighted by molar-refractivity contribution is 5.66. The first kappa shape index (κ1) is 24.3. The number of hydrogen-bond donors (Lipinski definition) is 4. The van der Waals surface area contributed by atoms with Crippen LogP contribution >= 0.6 is 0 Å². The summed E-state index contributed by atoms with van der Waals surface area (Å²) in [6.07, 6.45) is 2.76. The fourth-order valence-corrected chi connectivity index (χ4v) is 2.93. The highest BCUT2D eigenvalue weighted by Gasteiger charge is 2.16. The normalized spacial score (nSPS) is 13.3. The van der Waals surface area contributed by atoms with E-state index in [2.05, 4.69) is 27.0 Å². The Balaban J connectivity index is 0.000000302. The average molecular weight is 436 g/mol. The van der Waals surface area contributed by atoms with E-state index in [9.17, 15) is 4.39 Å². The molecule has 4 rings (SSSR count). The number of pyridine rings is 1. The first-order valence-corrected chi connectivity index (χ1v) is 10.1. The SMILES string of the molecule is Fc1ccccc1.N#Cc1ccc(CCNCC2CNc3cccnc3N2)cc1.O=CO. The van der Waals surface area contributed by atoms with Gasteiger partial charge in [0.05, 0.1) is 23.4 Å². The summed E-state index contributed by atoms with van der Waals surface area (Å²) in [5, 5.41) is 26.0. The van der Waals surface area contributed by atoms with Crippen molar-refractivity contribution in [2.24, 2.45) is 0 Å². The predicted molar refractivity (Wildman–Crippen MR) is 123 cm³/mol. The molecule has 1 aliphatic heterocycles. The molecule has 32 heavy (non-hydrogen) atoms. The van der Waals surface area contributed by atoms with Gasteiger partial charge in [0.1, 0.15) is 11.6 Å². The summed E-state index contributed by atoms with van der Waals surface area (Å²) < 4.78 is 11.9. The van der Waals surface area contributed by atoms with Gasteiger partial charge in [0.25, 0.3) is 6.47 Å². The lowest BCUT2D eigenvalue weighted by Crippen LogP contribution is -2.41. The molecule has 1 aromatic heterocycles. The predicted octanol–water partition coefficient (Wildman–Crippen LogP) is 3.52. The highest BCUT2D eigenvalue weighted by Crippen LogP contribution is 2.22. The molecule has 0 radical (unpaired) electrons. The third kappa shape index (κ3) is 8.81. The second-order valence-corrected chi connectivity index (χ2v) is 6.79. The van der Waals surface area contributed by atoms with Crippen molar-refractivity contribution < 1.29 is 14.3 Å². The van der Waals surface area contributed by atoms with Gasteiger partial charge in [-0.3, -0.25) is 4.79 Å². The molecule has 0 saturated carbocycles. The van der Waals surface area contributed by atoms with Gasteiger partial charge in [-0.05, 0) is 54.9 Å². The number of nitriles is 1. The molecule has 4 N–H and O–H groups in total. The summed E-state index contributed by atoms with van der Waals surface area (Å²) in [7, 11) is 0. The van der Waals surface area contributed by atoms with Crippen molar-refractivity contribution in [2.45, 2.75) is 12.5 Å². The van der Waals surface area contributed by atoms with Crippen molar-refractivity contribution in [2.75, 3.05) is 30.3 Å². The minimum atomic E-state index is -0.250. The summed E-state index contributed by atoms with van der Waals surface area (Å²) >= 11 is 0. The van der Waals surface area contributed by atoms with E-state index in [-0.39, 0.29) is 12.3 Å². The number of carboxylic acid groups (broad SMARTS) is 1. The van der Waals surface area contributed by atoms with Crippen molar-refractivity contribution in [1.29, 1.82) is 5.26 Å². The number of hydrogen-bond acceptors (Lipinski definition) is 6. The number of nitrogens with one attached hydrogen (secondary N) is 3. The Kier molecular flexibility index (Phi) is 10.7. The number of nitrogens with zero attached hydrogens (tertiary/aromatic N) is 2. The fourth-order valence-electron chi connectivity index (χ4n) is 2.93. The third-order valence-electron chi connectivity index (χ3n) is 4.48. The highest BCUT2D eigenvalue weighted by atomic mass is 19.1. The number of rotatable bonds is 5. The lowest BCUT2D eigenvalue weighted by Gasteiger charge is -2.27. The van der Waals surface area contributed by atoms with Gasteiger partial charge >= 0.3 is 0 Å². The van der Waals surface area contributed by atoms with Crippen molar-refractivity contribution in [1.82, 2.24) is 10.3 Å². The molecular formula is C24H26FN5O2. The minimum Gasteiger partial charge on any atom is -0.483 e. The average Bonchev–Trinajstić information content (AvgIpc) is 2.83. The number of anilines is 2. The van der Waals surface area contributed by atoms with Crippen LogP contribution in [0.2, 0.25) is 0 Å². The van der Waals surface area contributed by atoms with Crippen molar-refractivity contribution in [3.63, 3.8) is 0 Å². The third-order valence-corrected chi connectivity index (χ3v) is 4.48. The van der Waals surface area contributed by atoms with Gasteiger partial charge in [-0.15, -0.1) is 0 Å². The second kappa shape index (κ2) is 14.1. The van der Waals surface area contributed by atoms with Gasteiger partial charge < -0.3 is 21.1 Å². The minimum absolute atomic E-state index is 0.178. The smallest absolute Gasteiger partial charge is 0.290 e. The number of aromatic nitrogens is 1. The first-order valence-electron chi connectivity index (χ1n) is 10.1. The quantitative estimate of drug-likeness (QED) is 0.359. The molecular weight excluding hydrogens is 409 g/mol. The zero-order valence-corrected chi connectivity index (χ0v) is 17.5. The molecule has 0 amide bonds. The lowest BCUT2D eigenvalue weighted by atomic mass is 10.1. The Bertz CT molecular complexity index is 978. The van der Waals surface area contributed by atoms with Crippen molar-refractivity contribution in [3.05, 3.63) is 89.9 Å². The maximum Gasteiger partial charge on any atom is 0.290 e. The van der Waals surface area contributed by atoms with E-state index in [0.717, 1.165) is 37.6 Å². The summed E-state index contributed by atoms with van der Waals surface area (Å²) in [6.45, 7) is 2.45. The fraction of sp³-hybridized carbons (Fsp3) is 0.208. The Labute approximate surface area is 186 Å². The molecule has 166 valence electrons. The van der Waals surface area contributed by atoms with Crippen molar-refractivity contribution in [3.8, 4) is 6.07 Å². The standard InChI is InChI=1S/C17H19N5.C6H5F.CH2O2/c18-10-14-5-3-13(4-6-14)7-9-19-11-15-12-21-16-2-1-8-20-17(16)22-15;7-6-4-2-1-3-5-6;2-1-3/h1-6,8,15,19,21H,7,9,11-12H2,(H,20,22);1-5H;1H,(H,2,3). The van der Waals surface area contributed by atoms with E-state index in [0.29, 0.717) is 11.6 Å². The Morgan fingerprint density at radius 3 is 2.50 bits per heavy atom. The van der Waals surface area contributed by atoms with E-state index < -0.39 is 0 Å². The van der Waals surface area contributed by atoms with Crippen LogP contribution < -0.4 is 16.0 Å². The van der Waals surface area contributed by atoms with Crippen LogP contribution in [0.3, 0.4) is 0 Å². The molecule has 0 fully saturated rings. The molecule has 0 saturated heterocycles. The van der Waals surface area contributed by atoms with Crippen LogP contribution in [0, 0.1) is 17.1 Å². The maximum absolute atomic E-state index is 11.9. The molecule has 1 atom stereocenters. The van der Waals surface area contributed by atoms with E-state index in [4.69, 9.17) is 15.2 Å². The summed E-state index contributed by atoms with van der Waals surface area (Å²) in [6, 6.07) is 22.1. The molecule has 8 heteroatoms. The number of fused-ring (bicyclic) bond motifs is 1. The zero-order valence-electron chi connectivity index (χ0n) is 17.5. The van der Waals surface area contributed by atoms with Crippen LogP contribution in [0.25, 0.3) is 0 Å². The van der Waals surface area contributed by atoms with Crippen LogP contribution in [0.1, 0.15) is 11.1 Å². The van der Waals surface area contributed by atoms with Crippen LogP contribution in [0.5, 0.6) is 0 Å². The first-order chi connectivity index (χ1) is 15.7. The molecule has 1 aliphatic rings. The molecule has 1 unspecified atom stereocenters. The molecule has 2 heterocycles. The van der Waals surface area contributed by atoms with Crippen LogP contribution in [0.4, 0.5) is 15.9 Å². The van der Waals surface area contributed by atoms with E-state index in [1.165, 1.54) is 17.7 Å². The Hall–Kier alpha value is -3.96. The van der Waals surface area contributed by atoms with Gasteiger partial charge in [0, 0.05) is 19.3 Å². The molecule has 0 bridgehead atoms. The monoisotopic (exact) mass is 435 g/mol. The van der Waals surface area contributed by atoms with Crippen molar-refractivity contribution >= 4 is 18.0 Å². The second-order valence-electron chi connectivity index (χ2n) is 6.79. The summed E-state index contributed by atoms with van der Waals surface area (Å²) in [5.41, 5.74) is 3.02. The molecule has 0 aliphatic carbocycles. The van der Waals surface area contributed by atoms with E-state index >= 15 is 0 Å². The van der Waals surface area contributed by atoms with Gasteiger partial charge in [-0.1, -0.05) is 30.3 Å². The number of carbonyl (C=O) groups is 1. The number of halogens is 1. The maximum atomic E-state index is 11.9. The molecule has 0 spiro atoms. The van der Waals surface area contributed by atoms with Gasteiger partial charge in [0.2, 0.25) is 0 Å².